The van der Waals surface area contributed by atoms with Gasteiger partial charge in [-0.2, -0.15) is 0 Å². The number of ether oxygens (including phenoxy) is 1. The van der Waals surface area contributed by atoms with Crippen LogP contribution >= 0.6 is 11.8 Å². The van der Waals surface area contributed by atoms with Crippen molar-refractivity contribution in [1.29, 1.82) is 0 Å². The fourth-order valence-corrected chi connectivity index (χ4v) is 3.55. The van der Waals surface area contributed by atoms with Gasteiger partial charge in [-0.25, -0.2) is 0 Å². The molecule has 0 aromatic heterocycles. The molecule has 0 saturated heterocycles. The monoisotopic (exact) mass is 414 g/mol. The van der Waals surface area contributed by atoms with Crippen LogP contribution in [0, 0.1) is 6.92 Å². The van der Waals surface area contributed by atoms with E-state index in [2.05, 4.69) is 5.32 Å². The Labute approximate surface area is 177 Å². The summed E-state index contributed by atoms with van der Waals surface area (Å²) in [4.78, 5) is 28.2. The number of carbonyl (C=O) groups is 2. The summed E-state index contributed by atoms with van der Waals surface area (Å²) in [5.41, 5.74) is 2.14. The molecule has 156 valence electrons. The first-order valence-corrected chi connectivity index (χ1v) is 10.8. The molecule has 2 aromatic rings. The number of benzene rings is 2. The molecule has 5 nitrogen and oxygen atoms in total. The number of rotatable bonds is 10. The number of thioether (sulfide) groups is 1. The minimum Gasteiger partial charge on any atom is -0.497 e. The maximum absolute atomic E-state index is 13.0. The van der Waals surface area contributed by atoms with Gasteiger partial charge in [-0.1, -0.05) is 36.8 Å². The van der Waals surface area contributed by atoms with Crippen LogP contribution in [-0.4, -0.2) is 42.2 Å². The second kappa shape index (κ2) is 11.5. The molecule has 1 atom stereocenters. The molecular formula is C23H30N2O3S. The molecule has 0 bridgehead atoms. The van der Waals surface area contributed by atoms with Crippen LogP contribution in [0.3, 0.4) is 0 Å². The van der Waals surface area contributed by atoms with Gasteiger partial charge >= 0.3 is 0 Å². The second-order valence-electron chi connectivity index (χ2n) is 6.94. The second-order valence-corrected chi connectivity index (χ2v) is 7.99. The van der Waals surface area contributed by atoms with E-state index in [0.717, 1.165) is 22.6 Å². The number of amides is 2. The van der Waals surface area contributed by atoms with Crippen molar-refractivity contribution in [1.82, 2.24) is 10.2 Å². The molecule has 2 aromatic carbocycles. The lowest BCUT2D eigenvalue weighted by Gasteiger charge is -2.28. The topological polar surface area (TPSA) is 58.6 Å². The summed E-state index contributed by atoms with van der Waals surface area (Å²) in [6, 6.07) is 15.1. The van der Waals surface area contributed by atoms with Crippen molar-refractivity contribution < 1.29 is 14.3 Å². The third-order valence-electron chi connectivity index (χ3n) is 4.61. The van der Waals surface area contributed by atoms with Crippen molar-refractivity contribution in [3.63, 3.8) is 0 Å². The SMILES string of the molecule is CCCNC(=O)C(C)N(Cc1ccc(OC)cc1)C(=O)CSc1ccc(C)cc1. The summed E-state index contributed by atoms with van der Waals surface area (Å²) in [7, 11) is 1.62. The molecular weight excluding hydrogens is 384 g/mol. The average Bonchev–Trinajstić information content (AvgIpc) is 2.75. The minimum atomic E-state index is -0.547. The lowest BCUT2D eigenvalue weighted by Crippen LogP contribution is -2.48. The van der Waals surface area contributed by atoms with Crippen molar-refractivity contribution in [3.05, 3.63) is 59.7 Å². The number of hydrogen-bond donors (Lipinski definition) is 1. The Balaban J connectivity index is 2.11. The molecule has 0 spiro atoms. The molecule has 0 aliphatic heterocycles. The van der Waals surface area contributed by atoms with Crippen LogP contribution in [0.2, 0.25) is 0 Å². The van der Waals surface area contributed by atoms with E-state index in [1.165, 1.54) is 17.3 Å². The fourth-order valence-electron chi connectivity index (χ4n) is 2.77. The molecule has 2 amide bonds. The van der Waals surface area contributed by atoms with Crippen LogP contribution in [-0.2, 0) is 16.1 Å². The summed E-state index contributed by atoms with van der Waals surface area (Å²) in [5.74, 6) is 0.847. The van der Waals surface area contributed by atoms with Gasteiger partial charge in [0.05, 0.1) is 12.9 Å². The standard InChI is InChI=1S/C23H30N2O3S/c1-5-14-24-23(27)18(3)25(15-19-8-10-20(28-4)11-9-19)22(26)16-29-21-12-6-17(2)7-13-21/h6-13,18H,5,14-16H2,1-4H3,(H,24,27). The number of hydrogen-bond acceptors (Lipinski definition) is 4. The van der Waals surface area contributed by atoms with E-state index in [0.29, 0.717) is 13.1 Å². The average molecular weight is 415 g/mol. The summed E-state index contributed by atoms with van der Waals surface area (Å²) in [6.45, 7) is 6.79. The Bertz CT molecular complexity index is 791. The van der Waals surface area contributed by atoms with E-state index in [9.17, 15) is 9.59 Å². The molecule has 29 heavy (non-hydrogen) atoms. The Kier molecular flexibility index (Phi) is 9.06. The van der Waals surface area contributed by atoms with Crippen molar-refractivity contribution in [2.24, 2.45) is 0 Å². The van der Waals surface area contributed by atoms with E-state index in [1.807, 2.05) is 62.4 Å². The largest absolute Gasteiger partial charge is 0.497 e. The lowest BCUT2D eigenvalue weighted by molar-refractivity contribution is -0.138. The third-order valence-corrected chi connectivity index (χ3v) is 5.61. The highest BCUT2D eigenvalue weighted by atomic mass is 32.2. The highest BCUT2D eigenvalue weighted by Gasteiger charge is 2.25. The number of nitrogens with zero attached hydrogens (tertiary/aromatic N) is 1. The number of methoxy groups -OCH3 is 1. The van der Waals surface area contributed by atoms with E-state index in [-0.39, 0.29) is 17.6 Å². The molecule has 0 fully saturated rings. The Hall–Kier alpha value is -2.47. The zero-order valence-electron chi connectivity index (χ0n) is 17.6. The molecule has 0 aliphatic carbocycles. The maximum atomic E-state index is 13.0. The fraction of sp³-hybridized carbons (Fsp3) is 0.391. The number of aryl methyl sites for hydroxylation is 1. The van der Waals surface area contributed by atoms with E-state index < -0.39 is 6.04 Å². The molecule has 0 saturated carbocycles. The highest BCUT2D eigenvalue weighted by Crippen LogP contribution is 2.21. The van der Waals surface area contributed by atoms with Crippen molar-refractivity contribution in [3.8, 4) is 5.75 Å². The van der Waals surface area contributed by atoms with Gasteiger partial charge in [0.15, 0.2) is 0 Å². The van der Waals surface area contributed by atoms with Crippen LogP contribution in [0.4, 0.5) is 0 Å². The van der Waals surface area contributed by atoms with Gasteiger partial charge in [-0.3, -0.25) is 9.59 Å². The number of carbonyl (C=O) groups excluding carboxylic acids is 2. The van der Waals surface area contributed by atoms with Crippen molar-refractivity contribution in [2.45, 2.75) is 44.7 Å². The third kappa shape index (κ3) is 7.13. The van der Waals surface area contributed by atoms with E-state index in [1.54, 1.807) is 18.9 Å². The van der Waals surface area contributed by atoms with Gasteiger partial charge < -0.3 is 15.0 Å². The Morgan fingerprint density at radius 1 is 1.10 bits per heavy atom. The van der Waals surface area contributed by atoms with Crippen molar-refractivity contribution >= 4 is 23.6 Å². The van der Waals surface area contributed by atoms with E-state index in [4.69, 9.17) is 4.74 Å². The highest BCUT2D eigenvalue weighted by molar-refractivity contribution is 8.00. The lowest BCUT2D eigenvalue weighted by atomic mass is 10.1. The summed E-state index contributed by atoms with van der Waals surface area (Å²) >= 11 is 1.49. The van der Waals surface area contributed by atoms with Gasteiger partial charge in [0.25, 0.3) is 0 Å². The zero-order chi connectivity index (χ0) is 21.2. The molecule has 0 heterocycles. The summed E-state index contributed by atoms with van der Waals surface area (Å²) in [6.07, 6.45) is 0.855. The first-order chi connectivity index (χ1) is 13.9. The van der Waals surface area contributed by atoms with Crippen LogP contribution < -0.4 is 10.1 Å². The molecule has 0 radical (unpaired) electrons. The Morgan fingerprint density at radius 3 is 2.34 bits per heavy atom. The van der Waals surface area contributed by atoms with Crippen molar-refractivity contribution in [2.75, 3.05) is 19.4 Å². The van der Waals surface area contributed by atoms with Crippen LogP contribution in [0.15, 0.2) is 53.4 Å². The van der Waals surface area contributed by atoms with Crippen LogP contribution in [0.1, 0.15) is 31.4 Å². The van der Waals surface area contributed by atoms with Gasteiger partial charge in [0.1, 0.15) is 11.8 Å². The minimum absolute atomic E-state index is 0.0643. The summed E-state index contributed by atoms with van der Waals surface area (Å²) in [5, 5.41) is 2.89. The smallest absolute Gasteiger partial charge is 0.242 e. The first-order valence-electron chi connectivity index (χ1n) is 9.84. The number of nitrogens with one attached hydrogen (secondary N) is 1. The molecule has 6 heteroatoms. The Morgan fingerprint density at radius 2 is 1.76 bits per heavy atom. The molecule has 1 N–H and O–H groups in total. The maximum Gasteiger partial charge on any atom is 0.242 e. The molecule has 1 unspecified atom stereocenters. The van der Waals surface area contributed by atoms with Gasteiger partial charge in [-0.05, 0) is 50.1 Å². The zero-order valence-corrected chi connectivity index (χ0v) is 18.4. The van der Waals surface area contributed by atoms with Gasteiger partial charge in [-0.15, -0.1) is 11.8 Å². The first kappa shape index (κ1) is 22.8. The predicted octanol–water partition coefficient (Wildman–Crippen LogP) is 4.04. The van der Waals surface area contributed by atoms with E-state index >= 15 is 0 Å². The molecule has 2 rings (SSSR count). The predicted molar refractivity (Wildman–Crippen MR) is 118 cm³/mol. The van der Waals surface area contributed by atoms with Crippen LogP contribution in [0.25, 0.3) is 0 Å². The summed E-state index contributed by atoms with van der Waals surface area (Å²) < 4.78 is 5.20. The molecule has 0 aliphatic rings. The quantitative estimate of drug-likeness (QED) is 0.596. The van der Waals surface area contributed by atoms with Gasteiger partial charge in [0.2, 0.25) is 11.8 Å². The van der Waals surface area contributed by atoms with Gasteiger partial charge in [0, 0.05) is 18.0 Å². The normalized spacial score (nSPS) is 11.6. The van der Waals surface area contributed by atoms with Crippen LogP contribution in [0.5, 0.6) is 5.75 Å².